The van der Waals surface area contributed by atoms with E-state index in [2.05, 4.69) is 4.98 Å². The van der Waals surface area contributed by atoms with Gasteiger partial charge in [-0.15, -0.1) is 0 Å². The standard InChI is InChI=1S/C24H20N2O4/c1-30-19-11-9-17(10-12-19)21-20(22(27)18-7-3-2-4-8-18)23(28)24(29)26(21)15-16-6-5-13-25-14-16/h2-14,20-21H,15H2,1H3/p+1. The molecule has 1 aliphatic heterocycles. The number of aromatic amines is 1. The van der Waals surface area contributed by atoms with Crippen LogP contribution in [0.4, 0.5) is 0 Å². The Morgan fingerprint density at radius 1 is 1.00 bits per heavy atom. The first kappa shape index (κ1) is 19.5. The largest absolute Gasteiger partial charge is 0.497 e. The maximum Gasteiger partial charge on any atom is 0.291 e. The molecule has 1 N–H and O–H groups in total. The molecule has 150 valence electrons. The first-order valence-electron chi connectivity index (χ1n) is 9.63. The number of hydrogen-bond acceptors (Lipinski definition) is 4. The van der Waals surface area contributed by atoms with Crippen LogP contribution < -0.4 is 9.72 Å². The Bertz CT molecular complexity index is 1070. The molecule has 0 radical (unpaired) electrons. The molecule has 0 saturated carbocycles. The molecule has 0 aliphatic carbocycles. The van der Waals surface area contributed by atoms with Crippen LogP contribution in [-0.2, 0) is 16.1 Å². The summed E-state index contributed by atoms with van der Waals surface area (Å²) in [6, 6.07) is 18.8. The highest BCUT2D eigenvalue weighted by Crippen LogP contribution is 2.39. The first-order valence-corrected chi connectivity index (χ1v) is 9.63. The molecule has 6 heteroatoms. The summed E-state index contributed by atoms with van der Waals surface area (Å²) in [6.07, 6.45) is 3.54. The van der Waals surface area contributed by atoms with E-state index in [1.54, 1.807) is 74.1 Å². The van der Waals surface area contributed by atoms with E-state index in [1.807, 2.05) is 12.1 Å². The number of amides is 1. The van der Waals surface area contributed by atoms with Crippen molar-refractivity contribution in [3.63, 3.8) is 0 Å². The average molecular weight is 401 g/mol. The number of carbonyl (C=O) groups excluding carboxylic acids is 3. The molecule has 4 rings (SSSR count). The number of nitrogens with zero attached hydrogens (tertiary/aromatic N) is 1. The van der Waals surface area contributed by atoms with E-state index in [9.17, 15) is 14.4 Å². The molecular weight excluding hydrogens is 380 g/mol. The van der Waals surface area contributed by atoms with Crippen molar-refractivity contribution in [1.82, 2.24) is 4.90 Å². The van der Waals surface area contributed by atoms with Crippen molar-refractivity contribution < 1.29 is 24.1 Å². The van der Waals surface area contributed by atoms with E-state index in [0.717, 1.165) is 5.56 Å². The quantitative estimate of drug-likeness (QED) is 0.361. The van der Waals surface area contributed by atoms with Crippen LogP contribution in [0.2, 0.25) is 0 Å². The second-order valence-electron chi connectivity index (χ2n) is 7.13. The molecule has 2 atom stereocenters. The van der Waals surface area contributed by atoms with Crippen LogP contribution in [0.3, 0.4) is 0 Å². The molecule has 0 spiro atoms. The maximum absolute atomic E-state index is 13.3. The third-order valence-corrected chi connectivity index (χ3v) is 5.33. The Morgan fingerprint density at radius 3 is 2.37 bits per heavy atom. The number of carbonyl (C=O) groups is 3. The molecule has 1 aliphatic rings. The van der Waals surface area contributed by atoms with Gasteiger partial charge in [0.25, 0.3) is 5.91 Å². The summed E-state index contributed by atoms with van der Waals surface area (Å²) in [5.41, 5.74) is 1.96. The number of hydrogen-bond donors (Lipinski definition) is 0. The third-order valence-electron chi connectivity index (χ3n) is 5.33. The van der Waals surface area contributed by atoms with Gasteiger partial charge in [-0.1, -0.05) is 42.5 Å². The van der Waals surface area contributed by atoms with Crippen molar-refractivity contribution >= 4 is 17.5 Å². The Kier molecular flexibility index (Phi) is 5.39. The summed E-state index contributed by atoms with van der Waals surface area (Å²) in [5, 5.41) is 0. The smallest absolute Gasteiger partial charge is 0.291 e. The normalized spacial score (nSPS) is 18.5. The molecule has 3 aromatic rings. The van der Waals surface area contributed by atoms with Crippen LogP contribution in [0.15, 0.2) is 79.1 Å². The number of pyridine rings is 1. The summed E-state index contributed by atoms with van der Waals surface area (Å²) in [4.78, 5) is 43.7. The molecule has 2 aromatic carbocycles. The fourth-order valence-electron chi connectivity index (χ4n) is 3.84. The molecule has 30 heavy (non-hydrogen) atoms. The number of ketones is 2. The van der Waals surface area contributed by atoms with Crippen molar-refractivity contribution in [2.45, 2.75) is 12.6 Å². The topological polar surface area (TPSA) is 77.8 Å². The van der Waals surface area contributed by atoms with Gasteiger partial charge in [0.1, 0.15) is 11.7 Å². The van der Waals surface area contributed by atoms with Gasteiger partial charge in [-0.3, -0.25) is 14.4 Å². The molecule has 0 bridgehead atoms. The number of benzene rings is 2. The van der Waals surface area contributed by atoms with Gasteiger partial charge in [-0.2, -0.15) is 0 Å². The van der Waals surface area contributed by atoms with E-state index < -0.39 is 23.7 Å². The van der Waals surface area contributed by atoms with Crippen LogP contribution in [0.25, 0.3) is 0 Å². The van der Waals surface area contributed by atoms with Gasteiger partial charge in [0.05, 0.1) is 19.7 Å². The Labute approximate surface area is 174 Å². The van der Waals surface area contributed by atoms with Crippen molar-refractivity contribution in [2.24, 2.45) is 5.92 Å². The Morgan fingerprint density at radius 2 is 1.73 bits per heavy atom. The monoisotopic (exact) mass is 401 g/mol. The van der Waals surface area contributed by atoms with E-state index in [4.69, 9.17) is 4.74 Å². The van der Waals surface area contributed by atoms with Gasteiger partial charge in [0.2, 0.25) is 5.78 Å². The lowest BCUT2D eigenvalue weighted by Crippen LogP contribution is -2.30. The van der Waals surface area contributed by atoms with Crippen molar-refractivity contribution in [3.8, 4) is 5.75 Å². The summed E-state index contributed by atoms with van der Waals surface area (Å²) in [5.74, 6) is -2.11. The summed E-state index contributed by atoms with van der Waals surface area (Å²) >= 11 is 0. The summed E-state index contributed by atoms with van der Waals surface area (Å²) in [6.45, 7) is 0.219. The van der Waals surface area contributed by atoms with Crippen LogP contribution >= 0.6 is 0 Å². The van der Waals surface area contributed by atoms with Crippen LogP contribution in [0.5, 0.6) is 5.75 Å². The predicted octanol–water partition coefficient (Wildman–Crippen LogP) is 2.66. The minimum atomic E-state index is -1.10. The number of likely N-dealkylation sites (tertiary alicyclic amines) is 1. The Hall–Kier alpha value is -3.80. The molecule has 2 unspecified atom stereocenters. The molecule has 2 heterocycles. The number of ether oxygens (including phenoxy) is 1. The maximum atomic E-state index is 13.3. The second kappa shape index (κ2) is 8.29. The Balaban J connectivity index is 1.77. The molecule has 6 nitrogen and oxygen atoms in total. The van der Waals surface area contributed by atoms with E-state index in [1.165, 1.54) is 4.90 Å². The number of methoxy groups -OCH3 is 1. The van der Waals surface area contributed by atoms with Crippen LogP contribution in [0, 0.1) is 5.92 Å². The average Bonchev–Trinajstić information content (AvgIpc) is 3.05. The van der Waals surface area contributed by atoms with Crippen LogP contribution in [0.1, 0.15) is 27.5 Å². The highest BCUT2D eigenvalue weighted by Gasteiger charge is 2.51. The minimum absolute atomic E-state index is 0.219. The second-order valence-corrected chi connectivity index (χ2v) is 7.13. The number of Topliss-reactive ketones (excluding diaryl/α,β-unsaturated/α-hetero) is 2. The van der Waals surface area contributed by atoms with E-state index in [-0.39, 0.29) is 12.3 Å². The van der Waals surface area contributed by atoms with Gasteiger partial charge in [0.15, 0.2) is 18.2 Å². The fraction of sp³-hybridized carbons (Fsp3) is 0.167. The first-order chi connectivity index (χ1) is 14.6. The number of nitrogens with one attached hydrogen (secondary N) is 1. The lowest BCUT2D eigenvalue weighted by atomic mass is 9.86. The zero-order valence-corrected chi connectivity index (χ0v) is 16.4. The highest BCUT2D eigenvalue weighted by molar-refractivity contribution is 6.44. The zero-order chi connectivity index (χ0) is 21.1. The zero-order valence-electron chi connectivity index (χ0n) is 16.4. The molecular formula is C24H21N2O4+. The number of rotatable bonds is 6. The van der Waals surface area contributed by atoms with Crippen molar-refractivity contribution in [3.05, 3.63) is 95.8 Å². The van der Waals surface area contributed by atoms with E-state index >= 15 is 0 Å². The lowest BCUT2D eigenvalue weighted by molar-refractivity contribution is -0.378. The third kappa shape index (κ3) is 3.59. The predicted molar refractivity (Wildman–Crippen MR) is 109 cm³/mol. The molecule has 1 aromatic heterocycles. The van der Waals surface area contributed by atoms with Gasteiger partial charge in [-0.25, -0.2) is 4.98 Å². The minimum Gasteiger partial charge on any atom is -0.497 e. The van der Waals surface area contributed by atoms with Gasteiger partial charge in [-0.05, 0) is 23.8 Å². The number of H-pyrrole nitrogens is 1. The van der Waals surface area contributed by atoms with Gasteiger partial charge >= 0.3 is 0 Å². The van der Waals surface area contributed by atoms with Crippen molar-refractivity contribution in [1.29, 1.82) is 0 Å². The SMILES string of the molecule is COc1ccc(C2C(C(=O)c3ccccc3)C(=O)C(=O)N2Cc2ccc[nH+]c2)cc1. The van der Waals surface area contributed by atoms with Crippen molar-refractivity contribution in [2.75, 3.05) is 7.11 Å². The van der Waals surface area contributed by atoms with E-state index in [0.29, 0.717) is 16.9 Å². The molecule has 1 saturated heterocycles. The van der Waals surface area contributed by atoms with Gasteiger partial charge in [0, 0.05) is 17.2 Å². The number of aromatic nitrogens is 1. The highest BCUT2D eigenvalue weighted by atomic mass is 16.5. The lowest BCUT2D eigenvalue weighted by Gasteiger charge is -2.27. The van der Waals surface area contributed by atoms with Crippen LogP contribution in [-0.4, -0.2) is 29.5 Å². The molecule has 1 amide bonds. The van der Waals surface area contributed by atoms with Gasteiger partial charge < -0.3 is 9.64 Å². The summed E-state index contributed by atoms with van der Waals surface area (Å²) in [7, 11) is 1.57. The molecule has 1 fully saturated rings. The summed E-state index contributed by atoms with van der Waals surface area (Å²) < 4.78 is 5.22. The fourth-order valence-corrected chi connectivity index (χ4v) is 3.84.